The minimum atomic E-state index is -1.22. The fourth-order valence-corrected chi connectivity index (χ4v) is 3.30. The molecule has 0 saturated heterocycles. The highest BCUT2D eigenvalue weighted by Crippen LogP contribution is 2.36. The lowest BCUT2D eigenvalue weighted by molar-refractivity contribution is -0.110. The van der Waals surface area contributed by atoms with Gasteiger partial charge in [0, 0.05) is 40.5 Å². The first-order valence-electron chi connectivity index (χ1n) is 8.55. The predicted octanol–water partition coefficient (Wildman–Crippen LogP) is 4.03. The van der Waals surface area contributed by atoms with Crippen LogP contribution in [0.15, 0.2) is 65.3 Å². The maximum atomic E-state index is 12.5. The standard InChI is InChI=1S/C21H19N3O3/c1-14-10-20(24-27-14)21(13-25,23-15-6-5-7-16(11-15)26-2)18-12-22-19-9-4-3-8-17(18)19/h3-13,22-23H,1-2H3. The third-order valence-electron chi connectivity index (χ3n) is 4.63. The number of ether oxygens (including phenoxy) is 1. The molecule has 0 aliphatic carbocycles. The van der Waals surface area contributed by atoms with Crippen LogP contribution in [0.1, 0.15) is 17.0 Å². The average molecular weight is 361 g/mol. The molecule has 0 saturated carbocycles. The SMILES string of the molecule is COc1cccc(NC(C=O)(c2cc(C)on2)c2c[nH]c3ccccc23)c1. The van der Waals surface area contributed by atoms with Gasteiger partial charge in [-0.05, 0) is 25.1 Å². The second-order valence-corrected chi connectivity index (χ2v) is 6.35. The summed E-state index contributed by atoms with van der Waals surface area (Å²) < 4.78 is 10.6. The molecule has 1 unspecified atom stereocenters. The molecule has 27 heavy (non-hydrogen) atoms. The molecule has 6 nitrogen and oxygen atoms in total. The number of carbonyl (C=O) groups is 1. The number of anilines is 1. The van der Waals surface area contributed by atoms with Crippen LogP contribution in [0.25, 0.3) is 10.9 Å². The number of aromatic amines is 1. The quantitative estimate of drug-likeness (QED) is 0.507. The first-order valence-corrected chi connectivity index (χ1v) is 8.55. The van der Waals surface area contributed by atoms with E-state index in [1.54, 1.807) is 20.1 Å². The molecule has 2 N–H and O–H groups in total. The van der Waals surface area contributed by atoms with Gasteiger partial charge in [0.2, 0.25) is 0 Å². The van der Waals surface area contributed by atoms with Crippen LogP contribution < -0.4 is 10.1 Å². The van der Waals surface area contributed by atoms with Gasteiger partial charge in [-0.25, -0.2) is 0 Å². The maximum absolute atomic E-state index is 12.5. The van der Waals surface area contributed by atoms with Gasteiger partial charge < -0.3 is 19.6 Å². The van der Waals surface area contributed by atoms with Crippen LogP contribution in [0.2, 0.25) is 0 Å². The summed E-state index contributed by atoms with van der Waals surface area (Å²) >= 11 is 0. The molecule has 4 aromatic rings. The number of H-pyrrole nitrogens is 1. The van der Waals surface area contributed by atoms with Crippen molar-refractivity contribution in [1.29, 1.82) is 0 Å². The molecule has 0 aliphatic rings. The van der Waals surface area contributed by atoms with Crippen molar-refractivity contribution < 1.29 is 14.1 Å². The number of benzene rings is 2. The molecule has 2 aromatic carbocycles. The summed E-state index contributed by atoms with van der Waals surface area (Å²) in [7, 11) is 1.60. The van der Waals surface area contributed by atoms with Gasteiger partial charge in [0.25, 0.3) is 0 Å². The van der Waals surface area contributed by atoms with E-state index < -0.39 is 5.54 Å². The first kappa shape index (κ1) is 16.9. The van der Waals surface area contributed by atoms with E-state index in [4.69, 9.17) is 9.26 Å². The molecule has 4 rings (SSSR count). The number of aldehydes is 1. The third-order valence-corrected chi connectivity index (χ3v) is 4.63. The van der Waals surface area contributed by atoms with Crippen LogP contribution in [0.5, 0.6) is 5.75 Å². The summed E-state index contributed by atoms with van der Waals surface area (Å²) in [4.78, 5) is 15.8. The molecule has 2 heterocycles. The number of aryl methyl sites for hydroxylation is 1. The van der Waals surface area contributed by atoms with Gasteiger partial charge in [-0.3, -0.25) is 4.79 Å². The second kappa shape index (κ2) is 6.64. The van der Waals surface area contributed by atoms with E-state index in [9.17, 15) is 4.79 Å². The number of methoxy groups -OCH3 is 1. The lowest BCUT2D eigenvalue weighted by Crippen LogP contribution is -2.38. The van der Waals surface area contributed by atoms with Crippen molar-refractivity contribution in [2.75, 3.05) is 12.4 Å². The molecule has 0 aliphatic heterocycles. The van der Waals surface area contributed by atoms with Crippen LogP contribution >= 0.6 is 0 Å². The Labute approximate surface area is 156 Å². The molecule has 0 amide bonds. The molecule has 0 spiro atoms. The van der Waals surface area contributed by atoms with Crippen molar-refractivity contribution in [3.63, 3.8) is 0 Å². The van der Waals surface area contributed by atoms with E-state index in [2.05, 4.69) is 15.5 Å². The smallest absolute Gasteiger partial charge is 0.167 e. The van der Waals surface area contributed by atoms with Crippen molar-refractivity contribution in [3.05, 3.63) is 77.8 Å². The highest BCUT2D eigenvalue weighted by Gasteiger charge is 2.39. The molecule has 0 radical (unpaired) electrons. The van der Waals surface area contributed by atoms with Gasteiger partial charge in [-0.15, -0.1) is 0 Å². The summed E-state index contributed by atoms with van der Waals surface area (Å²) in [5.74, 6) is 1.32. The molecule has 0 fully saturated rings. The molecule has 2 aromatic heterocycles. The summed E-state index contributed by atoms with van der Waals surface area (Å²) in [5, 5.41) is 8.43. The Bertz CT molecular complexity index is 1100. The van der Waals surface area contributed by atoms with Gasteiger partial charge >= 0.3 is 0 Å². The van der Waals surface area contributed by atoms with E-state index in [0.29, 0.717) is 17.2 Å². The van der Waals surface area contributed by atoms with Gasteiger partial charge in [0.05, 0.1) is 7.11 Å². The number of aromatic nitrogens is 2. The van der Waals surface area contributed by atoms with E-state index in [1.807, 2.05) is 54.7 Å². The summed E-state index contributed by atoms with van der Waals surface area (Å²) in [6.07, 6.45) is 2.69. The van der Waals surface area contributed by atoms with Gasteiger partial charge in [0.15, 0.2) is 11.8 Å². The van der Waals surface area contributed by atoms with Crippen LogP contribution in [0.4, 0.5) is 5.69 Å². The van der Waals surface area contributed by atoms with E-state index in [-0.39, 0.29) is 0 Å². The predicted molar refractivity (Wildman–Crippen MR) is 103 cm³/mol. The first-order chi connectivity index (χ1) is 13.2. The Hall–Kier alpha value is -3.54. The number of hydrogen-bond acceptors (Lipinski definition) is 5. The minimum Gasteiger partial charge on any atom is -0.497 e. The van der Waals surface area contributed by atoms with Crippen molar-refractivity contribution in [2.24, 2.45) is 0 Å². The number of nitrogens with zero attached hydrogens (tertiary/aromatic N) is 1. The summed E-state index contributed by atoms with van der Waals surface area (Å²) in [6.45, 7) is 1.80. The Morgan fingerprint density at radius 1 is 1.19 bits per heavy atom. The molecular formula is C21H19N3O3. The monoisotopic (exact) mass is 361 g/mol. The van der Waals surface area contributed by atoms with Crippen molar-refractivity contribution in [1.82, 2.24) is 10.1 Å². The van der Waals surface area contributed by atoms with Crippen LogP contribution in [-0.4, -0.2) is 23.5 Å². The van der Waals surface area contributed by atoms with E-state index in [1.165, 1.54) is 0 Å². The number of para-hydroxylation sites is 1. The molecule has 136 valence electrons. The number of nitrogens with one attached hydrogen (secondary N) is 2. The van der Waals surface area contributed by atoms with Crippen molar-refractivity contribution in [2.45, 2.75) is 12.5 Å². The zero-order valence-corrected chi connectivity index (χ0v) is 15.0. The van der Waals surface area contributed by atoms with Crippen LogP contribution in [0, 0.1) is 6.92 Å². The Balaban J connectivity index is 1.93. The highest BCUT2D eigenvalue weighted by atomic mass is 16.5. The topological polar surface area (TPSA) is 80.2 Å². The number of hydrogen-bond donors (Lipinski definition) is 2. The zero-order valence-electron chi connectivity index (χ0n) is 15.0. The fraction of sp³-hybridized carbons (Fsp3) is 0.143. The van der Waals surface area contributed by atoms with Gasteiger partial charge in [-0.2, -0.15) is 0 Å². The number of fused-ring (bicyclic) bond motifs is 1. The lowest BCUT2D eigenvalue weighted by atomic mass is 9.87. The van der Waals surface area contributed by atoms with Gasteiger partial charge in [0.1, 0.15) is 17.2 Å². The fourth-order valence-electron chi connectivity index (χ4n) is 3.30. The summed E-state index contributed by atoms with van der Waals surface area (Å²) in [5.41, 5.74) is 1.70. The molecular weight excluding hydrogens is 342 g/mol. The van der Waals surface area contributed by atoms with Gasteiger partial charge in [-0.1, -0.05) is 29.4 Å². The largest absolute Gasteiger partial charge is 0.497 e. The highest BCUT2D eigenvalue weighted by molar-refractivity contribution is 5.92. The third kappa shape index (κ3) is 2.85. The Morgan fingerprint density at radius 2 is 2.04 bits per heavy atom. The van der Waals surface area contributed by atoms with E-state index in [0.717, 1.165) is 28.4 Å². The zero-order chi connectivity index (χ0) is 18.9. The van der Waals surface area contributed by atoms with E-state index >= 15 is 0 Å². The molecule has 1 atom stereocenters. The van der Waals surface area contributed by atoms with Crippen molar-refractivity contribution in [3.8, 4) is 5.75 Å². The van der Waals surface area contributed by atoms with Crippen LogP contribution in [-0.2, 0) is 10.3 Å². The summed E-state index contributed by atoms with van der Waals surface area (Å²) in [6, 6.07) is 17.0. The Morgan fingerprint density at radius 3 is 2.78 bits per heavy atom. The minimum absolute atomic E-state index is 0.488. The molecule has 6 heteroatoms. The average Bonchev–Trinajstić information content (AvgIpc) is 3.33. The Kier molecular flexibility index (Phi) is 4.16. The number of rotatable bonds is 6. The maximum Gasteiger partial charge on any atom is 0.167 e. The number of carbonyl (C=O) groups excluding carboxylic acids is 1. The van der Waals surface area contributed by atoms with Crippen LogP contribution in [0.3, 0.4) is 0 Å². The lowest BCUT2D eigenvalue weighted by Gasteiger charge is -2.28. The molecule has 0 bridgehead atoms. The normalized spacial score (nSPS) is 13.3. The van der Waals surface area contributed by atoms with Crippen molar-refractivity contribution >= 4 is 22.9 Å². The second-order valence-electron chi connectivity index (χ2n) is 6.35.